The molecule has 0 bridgehead atoms. The molecule has 4 nitrogen and oxygen atoms in total. The Labute approximate surface area is 186 Å². The molecule has 1 aromatic heterocycles. The maximum absolute atomic E-state index is 13.4. The summed E-state index contributed by atoms with van der Waals surface area (Å²) in [6.45, 7) is 0.476. The van der Waals surface area contributed by atoms with Gasteiger partial charge in [-0.15, -0.1) is 0 Å². The minimum absolute atomic E-state index is 0.222. The number of nitrogens with zero attached hydrogens (tertiary/aromatic N) is 2. The predicted octanol–water partition coefficient (Wildman–Crippen LogP) is 6.22. The number of hydrogen-bond donors (Lipinski definition) is 0. The van der Waals surface area contributed by atoms with E-state index in [1.165, 1.54) is 17.2 Å². The van der Waals surface area contributed by atoms with E-state index >= 15 is 0 Å². The van der Waals surface area contributed by atoms with Gasteiger partial charge in [-0.25, -0.2) is 8.42 Å². The van der Waals surface area contributed by atoms with Crippen molar-refractivity contribution in [2.24, 2.45) is 5.92 Å². The molecule has 1 heterocycles. The Morgan fingerprint density at radius 1 is 0.938 bits per heavy atom. The second-order valence-electron chi connectivity index (χ2n) is 8.48. The van der Waals surface area contributed by atoms with Crippen LogP contribution in [0.3, 0.4) is 0 Å². The highest BCUT2D eigenvalue weighted by Gasteiger charge is 2.35. The molecule has 1 aliphatic carbocycles. The van der Waals surface area contributed by atoms with E-state index in [1.807, 2.05) is 0 Å². The van der Waals surface area contributed by atoms with Crippen LogP contribution in [0.1, 0.15) is 37.8 Å². The highest BCUT2D eigenvalue weighted by molar-refractivity contribution is 7.90. The molecule has 3 aromatic rings. The molecule has 0 N–H and O–H groups in total. The molecule has 32 heavy (non-hydrogen) atoms. The Morgan fingerprint density at radius 2 is 1.59 bits per heavy atom. The van der Waals surface area contributed by atoms with Crippen LogP contribution < -0.4 is 0 Å². The van der Waals surface area contributed by atoms with Crippen molar-refractivity contribution < 1.29 is 21.6 Å². The van der Waals surface area contributed by atoms with Gasteiger partial charge >= 0.3 is 6.18 Å². The summed E-state index contributed by atoms with van der Waals surface area (Å²) in [5, 5.41) is 3.90. The fraction of sp³-hybridized carbons (Fsp3) is 0.375. The number of rotatable bonds is 5. The smallest absolute Gasteiger partial charge is 0.264 e. The molecular formula is C24H25F3N2O2S. The van der Waals surface area contributed by atoms with Crippen molar-refractivity contribution >= 4 is 9.84 Å². The van der Waals surface area contributed by atoms with Crippen molar-refractivity contribution in [3.8, 4) is 22.4 Å². The fourth-order valence-corrected chi connectivity index (χ4v) is 4.95. The van der Waals surface area contributed by atoms with Gasteiger partial charge < -0.3 is 0 Å². The van der Waals surface area contributed by atoms with Crippen LogP contribution in [-0.4, -0.2) is 24.5 Å². The number of alkyl halides is 3. The molecule has 1 aliphatic rings. The monoisotopic (exact) mass is 462 g/mol. The van der Waals surface area contributed by atoms with Crippen molar-refractivity contribution in [2.75, 3.05) is 6.26 Å². The molecule has 4 rings (SSSR count). The SMILES string of the molecule is CS(=O)(=O)c1cccc(-c2ccc(-c3cc(C(F)(F)F)nn3CC3CCCCC3)cc2)c1. The van der Waals surface area contributed by atoms with Crippen molar-refractivity contribution in [3.05, 3.63) is 60.3 Å². The van der Waals surface area contributed by atoms with Gasteiger partial charge in [0.15, 0.2) is 15.5 Å². The summed E-state index contributed by atoms with van der Waals surface area (Å²) in [7, 11) is -3.33. The van der Waals surface area contributed by atoms with Crippen molar-refractivity contribution in [2.45, 2.75) is 49.7 Å². The molecule has 1 saturated carbocycles. The van der Waals surface area contributed by atoms with Gasteiger partial charge in [0.2, 0.25) is 0 Å². The Kier molecular flexibility index (Phi) is 6.16. The Bertz CT molecular complexity index is 1190. The molecule has 0 spiro atoms. The van der Waals surface area contributed by atoms with Crippen LogP contribution in [0.25, 0.3) is 22.4 Å². The first-order chi connectivity index (χ1) is 15.1. The zero-order chi connectivity index (χ0) is 22.9. The topological polar surface area (TPSA) is 52.0 Å². The average Bonchev–Trinajstić information content (AvgIpc) is 3.18. The van der Waals surface area contributed by atoms with Gasteiger partial charge in [-0.3, -0.25) is 4.68 Å². The van der Waals surface area contributed by atoms with Crippen LogP contribution in [0.5, 0.6) is 0 Å². The summed E-state index contributed by atoms with van der Waals surface area (Å²) in [6.07, 6.45) is 2.06. The highest BCUT2D eigenvalue weighted by Crippen LogP contribution is 2.34. The molecule has 1 fully saturated rings. The Morgan fingerprint density at radius 3 is 2.22 bits per heavy atom. The van der Waals surface area contributed by atoms with Gasteiger partial charge in [0.25, 0.3) is 0 Å². The number of benzene rings is 2. The van der Waals surface area contributed by atoms with E-state index in [-0.39, 0.29) is 4.90 Å². The van der Waals surface area contributed by atoms with Gasteiger partial charge in [-0.05, 0) is 53.6 Å². The van der Waals surface area contributed by atoms with E-state index in [1.54, 1.807) is 42.5 Å². The Hall–Kier alpha value is -2.61. The van der Waals surface area contributed by atoms with E-state index < -0.39 is 21.7 Å². The first-order valence-corrected chi connectivity index (χ1v) is 12.6. The minimum atomic E-state index is -4.50. The normalized spacial score (nSPS) is 15.8. The maximum atomic E-state index is 13.4. The van der Waals surface area contributed by atoms with Crippen LogP contribution in [0.4, 0.5) is 13.2 Å². The number of halogens is 3. The summed E-state index contributed by atoms with van der Waals surface area (Å²) in [6, 6.07) is 14.8. The standard InChI is InChI=1S/C24H25F3N2O2S/c1-32(30,31)21-9-5-8-20(14-21)18-10-12-19(13-11-18)22-15-23(24(25,26)27)28-29(22)16-17-6-3-2-4-7-17/h5,8-15,17H,2-4,6-7,16H2,1H3. The van der Waals surface area contributed by atoms with E-state index in [2.05, 4.69) is 5.10 Å². The average molecular weight is 463 g/mol. The van der Waals surface area contributed by atoms with Gasteiger partial charge in [0.05, 0.1) is 10.6 Å². The third-order valence-electron chi connectivity index (χ3n) is 6.00. The minimum Gasteiger partial charge on any atom is -0.264 e. The number of hydrogen-bond acceptors (Lipinski definition) is 3. The predicted molar refractivity (Wildman–Crippen MR) is 118 cm³/mol. The first kappa shape index (κ1) is 22.6. The Balaban J connectivity index is 1.66. The van der Waals surface area contributed by atoms with Gasteiger partial charge in [0, 0.05) is 12.8 Å². The molecule has 0 aliphatic heterocycles. The second kappa shape index (κ2) is 8.73. The lowest BCUT2D eigenvalue weighted by atomic mass is 9.89. The lowest BCUT2D eigenvalue weighted by Gasteiger charge is -2.22. The third-order valence-corrected chi connectivity index (χ3v) is 7.11. The molecule has 0 atom stereocenters. The van der Waals surface area contributed by atoms with Crippen LogP contribution in [0.15, 0.2) is 59.5 Å². The van der Waals surface area contributed by atoms with Crippen molar-refractivity contribution in [3.63, 3.8) is 0 Å². The number of sulfone groups is 1. The largest absolute Gasteiger partial charge is 0.435 e. The van der Waals surface area contributed by atoms with Crippen LogP contribution in [0, 0.1) is 5.92 Å². The van der Waals surface area contributed by atoms with Crippen molar-refractivity contribution in [1.82, 2.24) is 9.78 Å². The summed E-state index contributed by atoms with van der Waals surface area (Å²) in [4.78, 5) is 0.222. The van der Waals surface area contributed by atoms with Crippen LogP contribution >= 0.6 is 0 Å². The zero-order valence-corrected chi connectivity index (χ0v) is 18.6. The summed E-state index contributed by atoms with van der Waals surface area (Å²) in [5.41, 5.74) is 1.72. The molecule has 2 aromatic carbocycles. The van der Waals surface area contributed by atoms with Gasteiger partial charge in [0.1, 0.15) is 0 Å². The first-order valence-electron chi connectivity index (χ1n) is 10.7. The lowest BCUT2D eigenvalue weighted by molar-refractivity contribution is -0.141. The van der Waals surface area contributed by atoms with Crippen LogP contribution in [-0.2, 0) is 22.6 Å². The van der Waals surface area contributed by atoms with Crippen molar-refractivity contribution in [1.29, 1.82) is 0 Å². The summed E-state index contributed by atoms with van der Waals surface area (Å²) in [5.74, 6) is 0.335. The fourth-order valence-electron chi connectivity index (χ4n) is 4.28. The summed E-state index contributed by atoms with van der Waals surface area (Å²) < 4.78 is 65.3. The highest BCUT2D eigenvalue weighted by atomic mass is 32.2. The third kappa shape index (κ3) is 5.06. The maximum Gasteiger partial charge on any atom is 0.435 e. The molecule has 0 amide bonds. The second-order valence-corrected chi connectivity index (χ2v) is 10.5. The van der Waals surface area contributed by atoms with Gasteiger partial charge in [-0.1, -0.05) is 55.7 Å². The molecule has 0 saturated heterocycles. The molecule has 0 radical (unpaired) electrons. The van der Waals surface area contributed by atoms with E-state index in [9.17, 15) is 21.6 Å². The van der Waals surface area contributed by atoms with E-state index in [0.717, 1.165) is 49.1 Å². The van der Waals surface area contributed by atoms with E-state index in [0.29, 0.717) is 23.7 Å². The zero-order valence-electron chi connectivity index (χ0n) is 17.8. The van der Waals surface area contributed by atoms with Gasteiger partial charge in [-0.2, -0.15) is 18.3 Å². The quantitative estimate of drug-likeness (QED) is 0.452. The molecule has 0 unspecified atom stereocenters. The molecular weight excluding hydrogens is 437 g/mol. The summed E-state index contributed by atoms with van der Waals surface area (Å²) >= 11 is 0. The number of aromatic nitrogens is 2. The van der Waals surface area contributed by atoms with Crippen LogP contribution in [0.2, 0.25) is 0 Å². The molecule has 8 heteroatoms. The van der Waals surface area contributed by atoms with E-state index in [4.69, 9.17) is 0 Å². The molecule has 170 valence electrons. The lowest BCUT2D eigenvalue weighted by Crippen LogP contribution is -2.16.